The lowest BCUT2D eigenvalue weighted by molar-refractivity contribution is -0.145. The number of likely N-dealkylation sites (tertiary alicyclic amines) is 1. The van der Waals surface area contributed by atoms with Gasteiger partial charge in [-0.15, -0.1) is 0 Å². The van der Waals surface area contributed by atoms with Crippen LogP contribution in [-0.4, -0.2) is 66.4 Å². The van der Waals surface area contributed by atoms with E-state index in [9.17, 15) is 9.59 Å². The van der Waals surface area contributed by atoms with Crippen molar-refractivity contribution in [3.05, 3.63) is 24.3 Å². The highest BCUT2D eigenvalue weighted by Crippen LogP contribution is 2.29. The summed E-state index contributed by atoms with van der Waals surface area (Å²) in [6.07, 6.45) is 3.19. The summed E-state index contributed by atoms with van der Waals surface area (Å²) in [7, 11) is 3.50. The largest absolute Gasteiger partial charge is 0.423 e. The number of aromatic nitrogens is 1. The van der Waals surface area contributed by atoms with Crippen LogP contribution in [-0.2, 0) is 9.59 Å². The van der Waals surface area contributed by atoms with Crippen LogP contribution in [0.1, 0.15) is 25.7 Å². The van der Waals surface area contributed by atoms with Crippen molar-refractivity contribution < 1.29 is 14.0 Å². The van der Waals surface area contributed by atoms with E-state index in [1.165, 1.54) is 0 Å². The number of nitrogens with zero attached hydrogens (tertiary/aromatic N) is 4. The number of amides is 2. The minimum Gasteiger partial charge on any atom is -0.423 e. The van der Waals surface area contributed by atoms with Gasteiger partial charge in [-0.05, 0) is 37.8 Å². The topological polar surface area (TPSA) is 69.9 Å². The van der Waals surface area contributed by atoms with Gasteiger partial charge in [0.25, 0.3) is 6.01 Å². The summed E-state index contributed by atoms with van der Waals surface area (Å²) >= 11 is 0. The zero-order chi connectivity index (χ0) is 19.0. The molecule has 0 bridgehead atoms. The monoisotopic (exact) mass is 370 g/mol. The quantitative estimate of drug-likeness (QED) is 0.828. The van der Waals surface area contributed by atoms with Crippen molar-refractivity contribution in [1.82, 2.24) is 14.8 Å². The molecule has 2 aromatic rings. The summed E-state index contributed by atoms with van der Waals surface area (Å²) in [4.78, 5) is 35.4. The third-order valence-corrected chi connectivity index (χ3v) is 5.66. The van der Waals surface area contributed by atoms with Gasteiger partial charge < -0.3 is 19.1 Å². The van der Waals surface area contributed by atoms with Gasteiger partial charge in [0, 0.05) is 39.6 Å². The Labute approximate surface area is 158 Å². The highest BCUT2D eigenvalue weighted by atomic mass is 16.4. The number of hydrogen-bond acceptors (Lipinski definition) is 5. The van der Waals surface area contributed by atoms with Crippen molar-refractivity contribution in [2.24, 2.45) is 5.92 Å². The lowest BCUT2D eigenvalue weighted by Crippen LogP contribution is -2.49. The van der Waals surface area contributed by atoms with E-state index in [1.807, 2.05) is 29.2 Å². The van der Waals surface area contributed by atoms with Crippen LogP contribution in [0.15, 0.2) is 28.7 Å². The molecule has 7 heteroatoms. The molecular formula is C20H26N4O3. The van der Waals surface area contributed by atoms with Crippen LogP contribution in [0.5, 0.6) is 0 Å². The minimum atomic E-state index is -0.289. The molecule has 2 amide bonds. The first-order chi connectivity index (χ1) is 13.0. The van der Waals surface area contributed by atoms with Crippen molar-refractivity contribution in [2.45, 2.75) is 31.7 Å². The van der Waals surface area contributed by atoms with Crippen molar-refractivity contribution >= 4 is 28.9 Å². The van der Waals surface area contributed by atoms with E-state index in [0.29, 0.717) is 12.6 Å². The van der Waals surface area contributed by atoms with Crippen LogP contribution in [0.4, 0.5) is 6.01 Å². The fraction of sp³-hybridized carbons (Fsp3) is 0.550. The van der Waals surface area contributed by atoms with Crippen LogP contribution in [0.3, 0.4) is 0 Å². The fourth-order valence-electron chi connectivity index (χ4n) is 4.13. The van der Waals surface area contributed by atoms with Gasteiger partial charge in [0.1, 0.15) is 11.6 Å². The smallest absolute Gasteiger partial charge is 0.298 e. The standard InChI is InChI=1S/C20H26N4O3/c1-22(2)19(26)16-7-5-11-24(16)18(25)14-9-12-23(13-10-14)20-21-15-6-3-4-8-17(15)27-20/h3-4,6,8,14,16H,5,7,9-13H2,1-2H3. The Kier molecular flexibility index (Phi) is 4.76. The number of rotatable bonds is 3. The van der Waals surface area contributed by atoms with Gasteiger partial charge in [0.2, 0.25) is 11.8 Å². The maximum atomic E-state index is 13.0. The van der Waals surface area contributed by atoms with Crippen molar-refractivity contribution in [2.75, 3.05) is 38.6 Å². The Balaban J connectivity index is 1.40. The molecule has 3 heterocycles. The maximum Gasteiger partial charge on any atom is 0.298 e. The van der Waals surface area contributed by atoms with Gasteiger partial charge in [0.05, 0.1) is 0 Å². The lowest BCUT2D eigenvalue weighted by Gasteiger charge is -2.34. The molecule has 2 fully saturated rings. The molecule has 1 aromatic heterocycles. The molecule has 144 valence electrons. The zero-order valence-corrected chi connectivity index (χ0v) is 15.9. The van der Waals surface area contributed by atoms with E-state index < -0.39 is 0 Å². The molecule has 0 N–H and O–H groups in total. The summed E-state index contributed by atoms with van der Waals surface area (Å²) in [5.74, 6) is 0.135. The lowest BCUT2D eigenvalue weighted by atomic mass is 9.95. The average molecular weight is 370 g/mol. The van der Waals surface area contributed by atoms with E-state index in [2.05, 4.69) is 9.88 Å². The first-order valence-electron chi connectivity index (χ1n) is 9.67. The van der Waals surface area contributed by atoms with Crippen LogP contribution in [0, 0.1) is 5.92 Å². The third-order valence-electron chi connectivity index (χ3n) is 5.66. The Hall–Kier alpha value is -2.57. The minimum absolute atomic E-state index is 0.0267. The molecule has 2 saturated heterocycles. The number of para-hydroxylation sites is 2. The fourth-order valence-corrected chi connectivity index (χ4v) is 4.13. The predicted octanol–water partition coefficient (Wildman–Crippen LogP) is 2.12. The Morgan fingerprint density at radius 3 is 2.56 bits per heavy atom. The van der Waals surface area contributed by atoms with Gasteiger partial charge in [-0.2, -0.15) is 4.98 Å². The Bertz CT molecular complexity index is 806. The highest BCUT2D eigenvalue weighted by Gasteiger charge is 2.38. The molecule has 1 aromatic carbocycles. The number of likely N-dealkylation sites (N-methyl/N-ethyl adjacent to an activating group) is 1. The van der Waals surface area contributed by atoms with E-state index in [0.717, 1.165) is 49.9 Å². The van der Waals surface area contributed by atoms with Gasteiger partial charge in [0.15, 0.2) is 5.58 Å². The van der Waals surface area contributed by atoms with E-state index in [1.54, 1.807) is 19.0 Å². The maximum absolute atomic E-state index is 13.0. The van der Waals surface area contributed by atoms with Gasteiger partial charge in [-0.3, -0.25) is 9.59 Å². The average Bonchev–Trinajstić information content (AvgIpc) is 3.33. The van der Waals surface area contributed by atoms with Crippen molar-refractivity contribution in [3.63, 3.8) is 0 Å². The summed E-state index contributed by atoms with van der Waals surface area (Å²) in [5, 5.41) is 0. The van der Waals surface area contributed by atoms with Gasteiger partial charge >= 0.3 is 0 Å². The molecule has 0 radical (unpaired) electrons. The van der Waals surface area contributed by atoms with Crippen LogP contribution < -0.4 is 4.90 Å². The molecule has 7 nitrogen and oxygen atoms in total. The molecule has 1 atom stereocenters. The normalized spacial score (nSPS) is 21.0. The van der Waals surface area contributed by atoms with Crippen molar-refractivity contribution in [1.29, 1.82) is 0 Å². The van der Waals surface area contributed by atoms with E-state index >= 15 is 0 Å². The molecule has 2 aliphatic heterocycles. The number of anilines is 1. The molecule has 0 saturated carbocycles. The zero-order valence-electron chi connectivity index (χ0n) is 15.9. The summed E-state index contributed by atoms with van der Waals surface area (Å²) in [6.45, 7) is 2.17. The predicted molar refractivity (Wildman–Crippen MR) is 102 cm³/mol. The molecule has 0 aliphatic carbocycles. The molecular weight excluding hydrogens is 344 g/mol. The number of fused-ring (bicyclic) bond motifs is 1. The van der Waals surface area contributed by atoms with Gasteiger partial charge in [-0.25, -0.2) is 0 Å². The second kappa shape index (κ2) is 7.21. The second-order valence-electron chi connectivity index (χ2n) is 7.65. The number of benzene rings is 1. The summed E-state index contributed by atoms with van der Waals surface area (Å²) < 4.78 is 5.85. The van der Waals surface area contributed by atoms with E-state index in [-0.39, 0.29) is 23.8 Å². The number of piperidine rings is 1. The van der Waals surface area contributed by atoms with Crippen LogP contribution in [0.25, 0.3) is 11.1 Å². The van der Waals surface area contributed by atoms with E-state index in [4.69, 9.17) is 4.42 Å². The van der Waals surface area contributed by atoms with Crippen molar-refractivity contribution in [3.8, 4) is 0 Å². The Morgan fingerprint density at radius 2 is 1.85 bits per heavy atom. The molecule has 27 heavy (non-hydrogen) atoms. The first-order valence-corrected chi connectivity index (χ1v) is 9.67. The second-order valence-corrected chi connectivity index (χ2v) is 7.65. The number of oxazole rings is 1. The van der Waals surface area contributed by atoms with Gasteiger partial charge in [-0.1, -0.05) is 12.1 Å². The van der Waals surface area contributed by atoms with Crippen LogP contribution >= 0.6 is 0 Å². The number of hydrogen-bond donors (Lipinski definition) is 0. The number of carbonyl (C=O) groups is 2. The number of carbonyl (C=O) groups excluding carboxylic acids is 2. The molecule has 0 spiro atoms. The van der Waals surface area contributed by atoms with Crippen LogP contribution in [0.2, 0.25) is 0 Å². The molecule has 1 unspecified atom stereocenters. The molecule has 2 aliphatic rings. The first kappa shape index (κ1) is 17.8. The third kappa shape index (κ3) is 3.38. The Morgan fingerprint density at radius 1 is 1.11 bits per heavy atom. The summed E-state index contributed by atoms with van der Waals surface area (Å²) in [6, 6.07) is 8.07. The molecule has 4 rings (SSSR count). The summed E-state index contributed by atoms with van der Waals surface area (Å²) in [5.41, 5.74) is 1.64. The SMILES string of the molecule is CN(C)C(=O)C1CCCN1C(=O)C1CCN(c2nc3ccccc3o2)CC1. The highest BCUT2D eigenvalue weighted by molar-refractivity contribution is 5.89.